The van der Waals surface area contributed by atoms with Gasteiger partial charge in [0, 0.05) is 0 Å². The third-order valence-corrected chi connectivity index (χ3v) is 3.71. The van der Waals surface area contributed by atoms with E-state index in [1.54, 1.807) is 0 Å². The Labute approximate surface area is 96.0 Å². The molecule has 0 radical (unpaired) electrons. The molecular formula is C10H19Cl2NO. The average Bonchev–Trinajstić information content (AvgIpc) is 2.18. The number of aliphatic hydroxyl groups is 1. The molecule has 0 unspecified atom stereocenters. The lowest BCUT2D eigenvalue weighted by atomic mass is 9.81. The Bertz CT molecular complexity index is 166. The van der Waals surface area contributed by atoms with Gasteiger partial charge in [-0.15, -0.1) is 23.2 Å². The van der Waals surface area contributed by atoms with Gasteiger partial charge in [0.1, 0.15) is 4.84 Å². The predicted octanol–water partition coefficient (Wildman–Crippen LogP) is 2.18. The first-order chi connectivity index (χ1) is 6.65. The molecule has 0 aliphatic carbocycles. The Morgan fingerprint density at radius 3 is 2.71 bits per heavy atom. The summed E-state index contributed by atoms with van der Waals surface area (Å²) in [7, 11) is 0. The lowest BCUT2D eigenvalue weighted by Crippen LogP contribution is -2.38. The van der Waals surface area contributed by atoms with Crippen molar-refractivity contribution < 1.29 is 5.11 Å². The highest BCUT2D eigenvalue weighted by molar-refractivity contribution is 6.44. The van der Waals surface area contributed by atoms with Gasteiger partial charge in [0.15, 0.2) is 0 Å². The van der Waals surface area contributed by atoms with Gasteiger partial charge in [0.2, 0.25) is 0 Å². The second kappa shape index (κ2) is 6.16. The van der Waals surface area contributed by atoms with Gasteiger partial charge < -0.3 is 10.4 Å². The molecule has 0 spiro atoms. The van der Waals surface area contributed by atoms with E-state index in [2.05, 4.69) is 12.2 Å². The fraction of sp³-hybridized carbons (Fsp3) is 1.00. The molecule has 0 bridgehead atoms. The van der Waals surface area contributed by atoms with Crippen LogP contribution >= 0.6 is 23.2 Å². The number of alkyl halides is 2. The largest absolute Gasteiger partial charge is 0.390 e. The number of halogens is 2. The molecule has 1 saturated heterocycles. The van der Waals surface area contributed by atoms with Gasteiger partial charge in [0.05, 0.1) is 6.10 Å². The summed E-state index contributed by atoms with van der Waals surface area (Å²) >= 11 is 11.3. The van der Waals surface area contributed by atoms with Crippen molar-refractivity contribution in [2.75, 3.05) is 13.1 Å². The van der Waals surface area contributed by atoms with Gasteiger partial charge >= 0.3 is 0 Å². The van der Waals surface area contributed by atoms with E-state index in [9.17, 15) is 5.11 Å². The number of rotatable bonds is 4. The van der Waals surface area contributed by atoms with Crippen LogP contribution in [0.4, 0.5) is 0 Å². The van der Waals surface area contributed by atoms with Crippen molar-refractivity contribution in [3.8, 4) is 0 Å². The predicted molar refractivity (Wildman–Crippen MR) is 60.9 cm³/mol. The monoisotopic (exact) mass is 239 g/mol. The highest BCUT2D eigenvalue weighted by Crippen LogP contribution is 2.28. The topological polar surface area (TPSA) is 32.3 Å². The smallest absolute Gasteiger partial charge is 0.133 e. The molecule has 1 heterocycles. The summed E-state index contributed by atoms with van der Waals surface area (Å²) in [6, 6.07) is 0. The third kappa shape index (κ3) is 3.58. The first-order valence-corrected chi connectivity index (χ1v) is 6.19. The molecule has 2 N–H and O–H groups in total. The highest BCUT2D eigenvalue weighted by Gasteiger charge is 2.27. The molecule has 0 aromatic rings. The number of aliphatic hydroxyl groups excluding tert-OH is 1. The fourth-order valence-electron chi connectivity index (χ4n) is 2.18. The van der Waals surface area contributed by atoms with Crippen molar-refractivity contribution in [3.05, 3.63) is 0 Å². The highest BCUT2D eigenvalue weighted by atomic mass is 35.5. The summed E-state index contributed by atoms with van der Waals surface area (Å²) in [4.78, 5) is -0.651. The van der Waals surface area contributed by atoms with Crippen LogP contribution in [0.3, 0.4) is 0 Å². The Balaban J connectivity index is 2.40. The fourth-order valence-corrected chi connectivity index (χ4v) is 2.38. The molecule has 0 amide bonds. The van der Waals surface area contributed by atoms with Gasteiger partial charge in [-0.25, -0.2) is 0 Å². The van der Waals surface area contributed by atoms with Crippen LogP contribution in [0.5, 0.6) is 0 Å². The van der Waals surface area contributed by atoms with Gasteiger partial charge in [-0.1, -0.05) is 13.3 Å². The summed E-state index contributed by atoms with van der Waals surface area (Å²) in [5.74, 6) is 1.22. The lowest BCUT2D eigenvalue weighted by Gasteiger charge is -2.33. The second-order valence-electron chi connectivity index (χ2n) is 4.06. The van der Waals surface area contributed by atoms with E-state index < -0.39 is 10.9 Å². The summed E-state index contributed by atoms with van der Waals surface area (Å²) < 4.78 is 0. The number of hydrogen-bond donors (Lipinski definition) is 2. The van der Waals surface area contributed by atoms with Crippen LogP contribution in [0, 0.1) is 11.8 Å². The van der Waals surface area contributed by atoms with E-state index in [0.717, 1.165) is 32.4 Å². The average molecular weight is 240 g/mol. The summed E-state index contributed by atoms with van der Waals surface area (Å²) in [6.45, 7) is 4.29. The molecule has 0 saturated carbocycles. The molecule has 4 heteroatoms. The van der Waals surface area contributed by atoms with Crippen LogP contribution in [0.1, 0.15) is 26.2 Å². The van der Waals surface area contributed by atoms with Gasteiger partial charge in [-0.2, -0.15) is 0 Å². The van der Waals surface area contributed by atoms with E-state index >= 15 is 0 Å². The zero-order valence-electron chi connectivity index (χ0n) is 8.55. The molecule has 3 atom stereocenters. The Hall–Kier alpha value is 0.500. The number of nitrogens with one attached hydrogen (secondary N) is 1. The molecule has 1 rings (SSSR count). The van der Waals surface area contributed by atoms with E-state index in [1.807, 2.05) is 0 Å². The number of hydrogen-bond acceptors (Lipinski definition) is 2. The van der Waals surface area contributed by atoms with Crippen molar-refractivity contribution in [2.24, 2.45) is 11.8 Å². The first kappa shape index (κ1) is 12.6. The standard InChI is InChI=1S/C10H19Cl2NO/c1-2-7-6-13-4-3-8(7)5-9(14)10(11)12/h7-10,13-14H,2-6H2,1H3/t7-,8-,9-/m1/s1. The summed E-state index contributed by atoms with van der Waals surface area (Å²) in [5, 5.41) is 13.0. The molecular weight excluding hydrogens is 221 g/mol. The normalized spacial score (nSPS) is 30.6. The van der Waals surface area contributed by atoms with Crippen molar-refractivity contribution in [1.29, 1.82) is 0 Å². The maximum atomic E-state index is 9.61. The maximum absolute atomic E-state index is 9.61. The SMILES string of the molecule is CC[C@@H]1CNCC[C@@H]1C[C@@H](O)C(Cl)Cl. The molecule has 14 heavy (non-hydrogen) atoms. The van der Waals surface area contributed by atoms with Crippen LogP contribution in [-0.2, 0) is 0 Å². The van der Waals surface area contributed by atoms with Crippen molar-refractivity contribution in [1.82, 2.24) is 5.32 Å². The van der Waals surface area contributed by atoms with Gasteiger partial charge in [-0.3, -0.25) is 0 Å². The Kier molecular flexibility index (Phi) is 5.53. The van der Waals surface area contributed by atoms with Crippen LogP contribution in [0.15, 0.2) is 0 Å². The van der Waals surface area contributed by atoms with Crippen LogP contribution in [0.2, 0.25) is 0 Å². The maximum Gasteiger partial charge on any atom is 0.133 e. The minimum Gasteiger partial charge on any atom is -0.390 e. The first-order valence-electron chi connectivity index (χ1n) is 5.32. The number of piperidine rings is 1. The Morgan fingerprint density at radius 1 is 1.43 bits per heavy atom. The van der Waals surface area contributed by atoms with Gasteiger partial charge in [-0.05, 0) is 37.8 Å². The minimum absolute atomic E-state index is 0.566. The van der Waals surface area contributed by atoms with Crippen molar-refractivity contribution >= 4 is 23.2 Å². The third-order valence-electron chi connectivity index (χ3n) is 3.12. The molecule has 0 aromatic carbocycles. The van der Waals surface area contributed by atoms with Gasteiger partial charge in [0.25, 0.3) is 0 Å². The summed E-state index contributed by atoms with van der Waals surface area (Å²) in [5.41, 5.74) is 0. The van der Waals surface area contributed by atoms with E-state index in [-0.39, 0.29) is 0 Å². The molecule has 1 aliphatic rings. The van der Waals surface area contributed by atoms with E-state index in [4.69, 9.17) is 23.2 Å². The van der Waals surface area contributed by atoms with Crippen molar-refractivity contribution in [2.45, 2.75) is 37.1 Å². The lowest BCUT2D eigenvalue weighted by molar-refractivity contribution is 0.118. The zero-order valence-corrected chi connectivity index (χ0v) is 10.1. The van der Waals surface area contributed by atoms with Crippen LogP contribution < -0.4 is 5.32 Å². The van der Waals surface area contributed by atoms with Crippen LogP contribution in [-0.4, -0.2) is 29.1 Å². The quantitative estimate of drug-likeness (QED) is 0.738. The molecule has 1 fully saturated rings. The molecule has 0 aromatic heterocycles. The molecule has 1 aliphatic heterocycles. The molecule has 2 nitrogen and oxygen atoms in total. The van der Waals surface area contributed by atoms with E-state index in [1.165, 1.54) is 0 Å². The Morgan fingerprint density at radius 2 is 2.14 bits per heavy atom. The summed E-state index contributed by atoms with van der Waals surface area (Å²) in [6.07, 6.45) is 2.43. The zero-order chi connectivity index (χ0) is 10.6. The second-order valence-corrected chi connectivity index (χ2v) is 5.22. The van der Waals surface area contributed by atoms with Crippen LogP contribution in [0.25, 0.3) is 0 Å². The minimum atomic E-state index is -0.651. The van der Waals surface area contributed by atoms with E-state index in [0.29, 0.717) is 11.8 Å². The molecule has 84 valence electrons. The van der Waals surface area contributed by atoms with Crippen molar-refractivity contribution in [3.63, 3.8) is 0 Å².